The summed E-state index contributed by atoms with van der Waals surface area (Å²) in [6, 6.07) is 3.81. The van der Waals surface area contributed by atoms with Crippen molar-refractivity contribution in [1.82, 2.24) is 15.0 Å². The largest absolute Gasteiger partial charge is 0.265 e. The van der Waals surface area contributed by atoms with E-state index in [1.54, 1.807) is 12.4 Å². The molecule has 0 aromatic carbocycles. The van der Waals surface area contributed by atoms with Gasteiger partial charge in [-0.25, -0.2) is 9.97 Å². The van der Waals surface area contributed by atoms with E-state index < -0.39 is 0 Å². The molecule has 0 N–H and O–H groups in total. The van der Waals surface area contributed by atoms with E-state index in [1.165, 1.54) is 12.8 Å². The van der Waals surface area contributed by atoms with Crippen LogP contribution < -0.4 is 0 Å². The van der Waals surface area contributed by atoms with Crippen LogP contribution in [0.3, 0.4) is 0 Å². The summed E-state index contributed by atoms with van der Waals surface area (Å²) in [5, 5.41) is 0.613. The number of aryl methyl sites for hydroxylation is 1. The molecule has 0 bridgehead atoms. The number of aromatic nitrogens is 3. The molecular formula is C13H12ClN3. The molecule has 0 amide bonds. The Kier molecular flexibility index (Phi) is 2.77. The molecule has 0 radical (unpaired) electrons. The van der Waals surface area contributed by atoms with Crippen molar-refractivity contribution in [1.29, 1.82) is 0 Å². The number of hydrogen-bond acceptors (Lipinski definition) is 3. The minimum absolute atomic E-state index is 0.613. The first kappa shape index (κ1) is 10.7. The van der Waals surface area contributed by atoms with E-state index >= 15 is 0 Å². The first-order chi connectivity index (χ1) is 8.34. The molecule has 0 fully saturated rings. The summed E-state index contributed by atoms with van der Waals surface area (Å²) >= 11 is 6.23. The van der Waals surface area contributed by atoms with Crippen molar-refractivity contribution in [2.75, 3.05) is 0 Å². The van der Waals surface area contributed by atoms with E-state index in [0.29, 0.717) is 11.0 Å². The third-order valence-electron chi connectivity index (χ3n) is 3.07. The van der Waals surface area contributed by atoms with Crippen molar-refractivity contribution in [3.8, 4) is 11.4 Å². The van der Waals surface area contributed by atoms with Crippen LogP contribution in [-0.4, -0.2) is 15.0 Å². The molecule has 1 aliphatic rings. The SMILES string of the molecule is Clc1nc(-c2ccncc2)nc2c1CCCC2. The first-order valence-corrected chi connectivity index (χ1v) is 6.18. The monoisotopic (exact) mass is 245 g/mol. The molecule has 0 unspecified atom stereocenters. The molecule has 0 aliphatic heterocycles. The lowest BCUT2D eigenvalue weighted by Gasteiger charge is -2.16. The number of fused-ring (bicyclic) bond motifs is 1. The summed E-state index contributed by atoms with van der Waals surface area (Å²) in [6.45, 7) is 0. The Hall–Kier alpha value is -1.48. The van der Waals surface area contributed by atoms with Gasteiger partial charge in [0, 0.05) is 29.2 Å². The number of pyridine rings is 1. The van der Waals surface area contributed by atoms with Crippen LogP contribution in [0.1, 0.15) is 24.1 Å². The topological polar surface area (TPSA) is 38.7 Å². The van der Waals surface area contributed by atoms with Crippen LogP contribution >= 0.6 is 11.6 Å². The van der Waals surface area contributed by atoms with Crippen LogP contribution in [0.25, 0.3) is 11.4 Å². The highest BCUT2D eigenvalue weighted by atomic mass is 35.5. The average molecular weight is 246 g/mol. The predicted molar refractivity (Wildman–Crippen MR) is 66.9 cm³/mol. The molecule has 0 saturated carbocycles. The molecule has 0 atom stereocenters. The number of hydrogen-bond donors (Lipinski definition) is 0. The third-order valence-corrected chi connectivity index (χ3v) is 3.38. The van der Waals surface area contributed by atoms with Gasteiger partial charge in [0.1, 0.15) is 5.15 Å². The maximum atomic E-state index is 6.23. The first-order valence-electron chi connectivity index (χ1n) is 5.80. The van der Waals surface area contributed by atoms with E-state index in [-0.39, 0.29) is 0 Å². The van der Waals surface area contributed by atoms with Gasteiger partial charge in [0.2, 0.25) is 0 Å². The van der Waals surface area contributed by atoms with Gasteiger partial charge in [-0.1, -0.05) is 11.6 Å². The molecule has 4 heteroatoms. The van der Waals surface area contributed by atoms with Gasteiger partial charge in [0.05, 0.1) is 0 Å². The van der Waals surface area contributed by atoms with Gasteiger partial charge in [0.15, 0.2) is 5.82 Å². The average Bonchev–Trinajstić information content (AvgIpc) is 2.40. The molecule has 2 aromatic rings. The molecule has 1 aliphatic carbocycles. The van der Waals surface area contributed by atoms with E-state index in [2.05, 4.69) is 15.0 Å². The summed E-state index contributed by atoms with van der Waals surface area (Å²) in [7, 11) is 0. The minimum atomic E-state index is 0.613. The lowest BCUT2D eigenvalue weighted by molar-refractivity contribution is 0.663. The van der Waals surface area contributed by atoms with Crippen molar-refractivity contribution in [2.45, 2.75) is 25.7 Å². The molecule has 0 saturated heterocycles. The van der Waals surface area contributed by atoms with E-state index in [9.17, 15) is 0 Å². The lowest BCUT2D eigenvalue weighted by atomic mass is 9.97. The highest BCUT2D eigenvalue weighted by molar-refractivity contribution is 6.30. The fourth-order valence-electron chi connectivity index (χ4n) is 2.18. The van der Waals surface area contributed by atoms with Gasteiger partial charge in [-0.3, -0.25) is 4.98 Å². The van der Waals surface area contributed by atoms with Gasteiger partial charge >= 0.3 is 0 Å². The van der Waals surface area contributed by atoms with E-state index in [0.717, 1.165) is 29.7 Å². The van der Waals surface area contributed by atoms with Crippen molar-refractivity contribution in [2.24, 2.45) is 0 Å². The highest BCUT2D eigenvalue weighted by Gasteiger charge is 2.16. The maximum Gasteiger partial charge on any atom is 0.161 e. The lowest BCUT2D eigenvalue weighted by Crippen LogP contribution is -2.08. The molecular weight excluding hydrogens is 234 g/mol. The fourth-order valence-corrected chi connectivity index (χ4v) is 2.46. The smallest absolute Gasteiger partial charge is 0.161 e. The van der Waals surface area contributed by atoms with Crippen LogP contribution in [0.4, 0.5) is 0 Å². The Morgan fingerprint density at radius 3 is 2.59 bits per heavy atom. The predicted octanol–water partition coefficient (Wildman–Crippen LogP) is 3.07. The van der Waals surface area contributed by atoms with Crippen molar-refractivity contribution in [3.05, 3.63) is 40.9 Å². The van der Waals surface area contributed by atoms with Crippen LogP contribution in [0.5, 0.6) is 0 Å². The second-order valence-electron chi connectivity index (χ2n) is 4.21. The van der Waals surface area contributed by atoms with Gasteiger partial charge in [-0.15, -0.1) is 0 Å². The molecule has 3 nitrogen and oxygen atoms in total. The summed E-state index contributed by atoms with van der Waals surface area (Å²) < 4.78 is 0. The molecule has 17 heavy (non-hydrogen) atoms. The van der Waals surface area contributed by atoms with Crippen LogP contribution in [0.15, 0.2) is 24.5 Å². The zero-order valence-corrected chi connectivity index (χ0v) is 10.1. The van der Waals surface area contributed by atoms with Gasteiger partial charge in [-0.05, 0) is 37.8 Å². The molecule has 86 valence electrons. The van der Waals surface area contributed by atoms with Crippen molar-refractivity contribution < 1.29 is 0 Å². The Morgan fingerprint density at radius 1 is 1.00 bits per heavy atom. The van der Waals surface area contributed by atoms with Gasteiger partial charge in [-0.2, -0.15) is 0 Å². The molecule has 2 aromatic heterocycles. The third kappa shape index (κ3) is 2.03. The molecule has 2 heterocycles. The second-order valence-corrected chi connectivity index (χ2v) is 4.56. The molecule has 3 rings (SSSR count). The Balaban J connectivity index is 2.11. The maximum absolute atomic E-state index is 6.23. The van der Waals surface area contributed by atoms with Crippen LogP contribution in [0.2, 0.25) is 5.15 Å². The summed E-state index contributed by atoms with van der Waals surface area (Å²) in [5.41, 5.74) is 3.22. The van der Waals surface area contributed by atoms with Gasteiger partial charge in [0.25, 0.3) is 0 Å². The Bertz CT molecular complexity index is 540. The number of rotatable bonds is 1. The minimum Gasteiger partial charge on any atom is -0.265 e. The summed E-state index contributed by atoms with van der Waals surface area (Å²) in [4.78, 5) is 13.0. The van der Waals surface area contributed by atoms with E-state index in [4.69, 9.17) is 11.6 Å². The number of nitrogens with zero attached hydrogens (tertiary/aromatic N) is 3. The zero-order valence-electron chi connectivity index (χ0n) is 9.36. The quantitative estimate of drug-likeness (QED) is 0.725. The Labute approximate surface area is 105 Å². The second kappa shape index (κ2) is 4.41. The normalized spacial score (nSPS) is 14.4. The summed E-state index contributed by atoms with van der Waals surface area (Å²) in [6.07, 6.45) is 7.87. The van der Waals surface area contributed by atoms with E-state index in [1.807, 2.05) is 12.1 Å². The Morgan fingerprint density at radius 2 is 1.76 bits per heavy atom. The van der Waals surface area contributed by atoms with Crippen LogP contribution in [-0.2, 0) is 12.8 Å². The fraction of sp³-hybridized carbons (Fsp3) is 0.308. The van der Waals surface area contributed by atoms with Crippen molar-refractivity contribution >= 4 is 11.6 Å². The van der Waals surface area contributed by atoms with Crippen molar-refractivity contribution in [3.63, 3.8) is 0 Å². The highest BCUT2D eigenvalue weighted by Crippen LogP contribution is 2.27. The zero-order chi connectivity index (χ0) is 11.7. The van der Waals surface area contributed by atoms with Gasteiger partial charge < -0.3 is 0 Å². The van der Waals surface area contributed by atoms with Crippen LogP contribution in [0, 0.1) is 0 Å². The summed E-state index contributed by atoms with van der Waals surface area (Å²) in [5.74, 6) is 0.707. The number of halogens is 1. The standard InChI is InChI=1S/C13H12ClN3/c14-12-10-3-1-2-4-11(10)16-13(17-12)9-5-7-15-8-6-9/h5-8H,1-4H2. The molecule has 0 spiro atoms.